The molecule has 0 spiro atoms. The van der Waals surface area contributed by atoms with E-state index in [1.165, 1.54) is 19.3 Å². The minimum atomic E-state index is 0.353. The van der Waals surface area contributed by atoms with E-state index in [9.17, 15) is 0 Å². The Morgan fingerprint density at radius 2 is 1.94 bits per heavy atom. The summed E-state index contributed by atoms with van der Waals surface area (Å²) in [6.45, 7) is 12.6. The van der Waals surface area contributed by atoms with Crippen LogP contribution >= 0.6 is 0 Å². The Morgan fingerprint density at radius 1 is 1.29 bits per heavy atom. The molecule has 0 aromatic heterocycles. The van der Waals surface area contributed by atoms with Gasteiger partial charge in [-0.15, -0.1) is 0 Å². The van der Waals surface area contributed by atoms with Crippen LogP contribution in [-0.2, 0) is 4.74 Å². The highest BCUT2D eigenvalue weighted by molar-refractivity contribution is 4.84. The van der Waals surface area contributed by atoms with Crippen LogP contribution in [0.4, 0.5) is 0 Å². The van der Waals surface area contributed by atoms with Gasteiger partial charge < -0.3 is 10.1 Å². The first-order valence-electron chi connectivity index (χ1n) is 7.14. The Morgan fingerprint density at radius 3 is 2.41 bits per heavy atom. The predicted molar refractivity (Wildman–Crippen MR) is 74.2 cm³/mol. The highest BCUT2D eigenvalue weighted by atomic mass is 16.5. The van der Waals surface area contributed by atoms with E-state index >= 15 is 0 Å². The van der Waals surface area contributed by atoms with Gasteiger partial charge in [-0.1, -0.05) is 34.6 Å². The second-order valence-corrected chi connectivity index (χ2v) is 7.01. The first-order valence-corrected chi connectivity index (χ1v) is 7.14. The van der Waals surface area contributed by atoms with Gasteiger partial charge in [0.25, 0.3) is 0 Å². The molecule has 0 aliphatic heterocycles. The van der Waals surface area contributed by atoms with Crippen molar-refractivity contribution in [3.05, 3.63) is 0 Å². The van der Waals surface area contributed by atoms with Crippen molar-refractivity contribution in [2.75, 3.05) is 13.6 Å². The van der Waals surface area contributed by atoms with Gasteiger partial charge in [0.05, 0.1) is 12.2 Å². The molecule has 1 fully saturated rings. The zero-order valence-electron chi connectivity index (χ0n) is 12.5. The van der Waals surface area contributed by atoms with Gasteiger partial charge in [-0.05, 0) is 43.6 Å². The maximum atomic E-state index is 6.34. The second kappa shape index (κ2) is 6.19. The summed E-state index contributed by atoms with van der Waals surface area (Å²) < 4.78 is 6.34. The standard InChI is InChI=1S/C15H31NO/c1-11(2)14(10-16-6)17-13-7-12(3)8-15(4,5)9-13/h11-14,16H,7-10H2,1-6H3. The largest absolute Gasteiger partial charge is 0.373 e. The number of nitrogens with one attached hydrogen (secondary N) is 1. The second-order valence-electron chi connectivity index (χ2n) is 7.01. The van der Waals surface area contributed by atoms with E-state index in [0.29, 0.717) is 23.5 Å². The maximum Gasteiger partial charge on any atom is 0.0725 e. The van der Waals surface area contributed by atoms with Gasteiger partial charge in [-0.3, -0.25) is 0 Å². The molecule has 1 aliphatic carbocycles. The quantitative estimate of drug-likeness (QED) is 0.796. The Hall–Kier alpha value is -0.0800. The van der Waals surface area contributed by atoms with Crippen LogP contribution in [0.25, 0.3) is 0 Å². The average molecular weight is 241 g/mol. The number of hydrogen-bond donors (Lipinski definition) is 1. The van der Waals surface area contributed by atoms with E-state index in [2.05, 4.69) is 39.9 Å². The van der Waals surface area contributed by atoms with Gasteiger partial charge in [0.1, 0.15) is 0 Å². The molecule has 2 heteroatoms. The normalized spacial score (nSPS) is 30.5. The lowest BCUT2D eigenvalue weighted by molar-refractivity contribution is -0.0793. The van der Waals surface area contributed by atoms with E-state index in [0.717, 1.165) is 12.5 Å². The zero-order valence-corrected chi connectivity index (χ0v) is 12.5. The summed E-state index contributed by atoms with van der Waals surface area (Å²) in [7, 11) is 2.01. The van der Waals surface area contributed by atoms with Crippen LogP contribution in [0.15, 0.2) is 0 Å². The van der Waals surface area contributed by atoms with Crippen LogP contribution in [-0.4, -0.2) is 25.8 Å². The van der Waals surface area contributed by atoms with Crippen LogP contribution in [0, 0.1) is 17.3 Å². The first-order chi connectivity index (χ1) is 7.84. The molecule has 102 valence electrons. The molecule has 0 heterocycles. The van der Waals surface area contributed by atoms with E-state index in [-0.39, 0.29) is 0 Å². The Kier molecular flexibility index (Phi) is 5.46. The SMILES string of the molecule is CNCC(OC1CC(C)CC(C)(C)C1)C(C)C. The van der Waals surface area contributed by atoms with Crippen molar-refractivity contribution in [3.63, 3.8) is 0 Å². The monoisotopic (exact) mass is 241 g/mol. The fourth-order valence-corrected chi connectivity index (χ4v) is 3.25. The summed E-state index contributed by atoms with van der Waals surface area (Å²) in [6.07, 6.45) is 4.59. The summed E-state index contributed by atoms with van der Waals surface area (Å²) >= 11 is 0. The van der Waals surface area contributed by atoms with E-state index in [1.807, 2.05) is 7.05 Å². The molecule has 0 aromatic rings. The summed E-state index contributed by atoms with van der Waals surface area (Å²) in [5, 5.41) is 3.25. The highest BCUT2D eigenvalue weighted by Crippen LogP contribution is 2.40. The molecule has 1 aliphatic rings. The van der Waals surface area contributed by atoms with Crippen LogP contribution in [0.2, 0.25) is 0 Å². The third-order valence-electron chi connectivity index (χ3n) is 3.86. The van der Waals surface area contributed by atoms with Gasteiger partial charge >= 0.3 is 0 Å². The predicted octanol–water partition coefficient (Wildman–Crippen LogP) is 3.46. The smallest absolute Gasteiger partial charge is 0.0725 e. The fraction of sp³-hybridized carbons (Fsp3) is 1.00. The molecular formula is C15H31NO. The van der Waals surface area contributed by atoms with E-state index in [1.54, 1.807) is 0 Å². The van der Waals surface area contributed by atoms with E-state index in [4.69, 9.17) is 4.74 Å². The van der Waals surface area contributed by atoms with Gasteiger partial charge in [0.2, 0.25) is 0 Å². The zero-order chi connectivity index (χ0) is 13.1. The average Bonchev–Trinajstić information content (AvgIpc) is 2.13. The van der Waals surface area contributed by atoms with Gasteiger partial charge in [-0.2, -0.15) is 0 Å². The minimum Gasteiger partial charge on any atom is -0.373 e. The number of hydrogen-bond acceptors (Lipinski definition) is 2. The molecule has 1 saturated carbocycles. The molecule has 3 unspecified atom stereocenters. The van der Waals surface area contributed by atoms with Crippen molar-refractivity contribution >= 4 is 0 Å². The van der Waals surface area contributed by atoms with Gasteiger partial charge in [0, 0.05) is 6.54 Å². The fourth-order valence-electron chi connectivity index (χ4n) is 3.25. The molecule has 0 aromatic carbocycles. The molecule has 2 nitrogen and oxygen atoms in total. The maximum absolute atomic E-state index is 6.34. The molecule has 0 bridgehead atoms. The third kappa shape index (κ3) is 4.97. The molecule has 17 heavy (non-hydrogen) atoms. The molecule has 3 atom stereocenters. The number of likely N-dealkylation sites (N-methyl/N-ethyl adjacent to an activating group) is 1. The van der Waals surface area contributed by atoms with Crippen LogP contribution in [0.1, 0.15) is 53.9 Å². The Labute approximate surface area is 108 Å². The topological polar surface area (TPSA) is 21.3 Å². The Bertz CT molecular complexity index is 225. The summed E-state index contributed by atoms with van der Waals surface area (Å²) in [5.41, 5.74) is 0.448. The minimum absolute atomic E-state index is 0.353. The lowest BCUT2D eigenvalue weighted by Crippen LogP contribution is -2.39. The first kappa shape index (κ1) is 15.0. The molecule has 1 N–H and O–H groups in total. The van der Waals surface area contributed by atoms with E-state index < -0.39 is 0 Å². The van der Waals surface area contributed by atoms with Crippen molar-refractivity contribution < 1.29 is 4.74 Å². The van der Waals surface area contributed by atoms with Gasteiger partial charge in [-0.25, -0.2) is 0 Å². The van der Waals surface area contributed by atoms with Crippen LogP contribution in [0.5, 0.6) is 0 Å². The van der Waals surface area contributed by atoms with Crippen LogP contribution < -0.4 is 5.32 Å². The molecule has 0 radical (unpaired) electrons. The van der Waals surface area contributed by atoms with Crippen molar-refractivity contribution in [2.45, 2.75) is 66.1 Å². The van der Waals surface area contributed by atoms with Crippen LogP contribution in [0.3, 0.4) is 0 Å². The molecule has 0 saturated heterocycles. The number of ether oxygens (including phenoxy) is 1. The van der Waals surface area contributed by atoms with Gasteiger partial charge in [0.15, 0.2) is 0 Å². The molecular weight excluding hydrogens is 210 g/mol. The number of rotatable bonds is 5. The lowest BCUT2D eigenvalue weighted by atomic mass is 9.71. The van der Waals surface area contributed by atoms with Crippen molar-refractivity contribution in [1.82, 2.24) is 5.32 Å². The highest BCUT2D eigenvalue weighted by Gasteiger charge is 2.34. The summed E-state index contributed by atoms with van der Waals surface area (Å²) in [6, 6.07) is 0. The summed E-state index contributed by atoms with van der Waals surface area (Å²) in [4.78, 5) is 0. The molecule has 0 amide bonds. The van der Waals surface area contributed by atoms with Crippen molar-refractivity contribution in [1.29, 1.82) is 0 Å². The molecule has 1 rings (SSSR count). The van der Waals surface area contributed by atoms with Crippen molar-refractivity contribution in [3.8, 4) is 0 Å². The van der Waals surface area contributed by atoms with Crippen molar-refractivity contribution in [2.24, 2.45) is 17.3 Å². The lowest BCUT2D eigenvalue weighted by Gasteiger charge is -2.40. The summed E-state index contributed by atoms with van der Waals surface area (Å²) in [5.74, 6) is 1.38. The Balaban J connectivity index is 2.54. The third-order valence-corrected chi connectivity index (χ3v) is 3.86.